The van der Waals surface area contributed by atoms with Crippen molar-refractivity contribution in [2.45, 2.75) is 30.2 Å². The van der Waals surface area contributed by atoms with E-state index < -0.39 is 9.84 Å². The zero-order valence-electron chi connectivity index (χ0n) is 20.3. The SMILES string of the molecule is Cc1ccc(S(=O)(=O)c2cn(CC(=O)N3CCN(c4cc(Cl)ccc4C)CC3)c3ccccc23)cc1. The average Bonchev–Trinajstić information content (AvgIpc) is 3.25. The first-order chi connectivity index (χ1) is 17.2. The first-order valence-electron chi connectivity index (χ1n) is 11.9. The molecule has 1 aliphatic heterocycles. The van der Waals surface area contributed by atoms with Crippen LogP contribution in [0.5, 0.6) is 0 Å². The van der Waals surface area contributed by atoms with Gasteiger partial charge in [0.1, 0.15) is 6.54 Å². The largest absolute Gasteiger partial charge is 0.368 e. The molecule has 0 bridgehead atoms. The van der Waals surface area contributed by atoms with Crippen LogP contribution in [0.15, 0.2) is 82.7 Å². The highest BCUT2D eigenvalue weighted by atomic mass is 35.5. The van der Waals surface area contributed by atoms with Gasteiger partial charge >= 0.3 is 0 Å². The van der Waals surface area contributed by atoms with Crippen molar-refractivity contribution in [3.63, 3.8) is 0 Å². The molecule has 1 aliphatic rings. The number of amides is 1. The summed E-state index contributed by atoms with van der Waals surface area (Å²) in [5, 5.41) is 1.32. The third-order valence-corrected chi connectivity index (χ3v) is 8.85. The van der Waals surface area contributed by atoms with Crippen LogP contribution < -0.4 is 4.90 Å². The quantitative estimate of drug-likeness (QED) is 0.367. The van der Waals surface area contributed by atoms with Gasteiger partial charge in [-0.1, -0.05) is 53.6 Å². The number of benzene rings is 3. The molecule has 3 aromatic carbocycles. The summed E-state index contributed by atoms with van der Waals surface area (Å²) in [6.07, 6.45) is 1.60. The number of fused-ring (bicyclic) bond motifs is 1. The van der Waals surface area contributed by atoms with E-state index in [0.717, 1.165) is 22.3 Å². The van der Waals surface area contributed by atoms with Crippen molar-refractivity contribution in [3.05, 3.63) is 89.1 Å². The number of carbonyl (C=O) groups excluding carboxylic acids is 1. The number of anilines is 1. The topological polar surface area (TPSA) is 62.6 Å². The van der Waals surface area contributed by atoms with Gasteiger partial charge in [0.25, 0.3) is 0 Å². The molecule has 1 amide bonds. The van der Waals surface area contributed by atoms with Gasteiger partial charge in [0.05, 0.1) is 9.79 Å². The Kier molecular flexibility index (Phi) is 6.53. The molecule has 186 valence electrons. The number of carbonyl (C=O) groups is 1. The van der Waals surface area contributed by atoms with E-state index in [9.17, 15) is 13.2 Å². The Bertz CT molecular complexity index is 1540. The molecule has 1 aromatic heterocycles. The number of aromatic nitrogens is 1. The van der Waals surface area contributed by atoms with Crippen LogP contribution in [0.4, 0.5) is 5.69 Å². The first-order valence-corrected chi connectivity index (χ1v) is 13.8. The van der Waals surface area contributed by atoms with Gasteiger partial charge in [0, 0.05) is 54.0 Å². The molecular weight excluding hydrogens is 494 g/mol. The fourth-order valence-electron chi connectivity index (χ4n) is 4.77. The van der Waals surface area contributed by atoms with Gasteiger partial charge in [-0.2, -0.15) is 0 Å². The van der Waals surface area contributed by atoms with Crippen LogP contribution in [0, 0.1) is 13.8 Å². The van der Waals surface area contributed by atoms with Crippen LogP contribution in [0.2, 0.25) is 5.02 Å². The number of para-hydroxylation sites is 1. The molecule has 36 heavy (non-hydrogen) atoms. The third kappa shape index (κ3) is 4.61. The lowest BCUT2D eigenvalue weighted by Crippen LogP contribution is -2.49. The lowest BCUT2D eigenvalue weighted by atomic mass is 10.1. The Labute approximate surface area is 216 Å². The number of sulfone groups is 1. The molecule has 0 atom stereocenters. The van der Waals surface area contributed by atoms with Crippen LogP contribution in [0.3, 0.4) is 0 Å². The summed E-state index contributed by atoms with van der Waals surface area (Å²) < 4.78 is 28.7. The van der Waals surface area contributed by atoms with E-state index in [1.807, 2.05) is 48.2 Å². The van der Waals surface area contributed by atoms with Crippen LogP contribution in [0.25, 0.3) is 10.9 Å². The van der Waals surface area contributed by atoms with E-state index in [1.54, 1.807) is 41.1 Å². The normalized spacial score (nSPS) is 14.4. The molecule has 0 aliphatic carbocycles. The summed E-state index contributed by atoms with van der Waals surface area (Å²) in [5.41, 5.74) is 3.97. The molecule has 0 radical (unpaired) electrons. The van der Waals surface area contributed by atoms with Crippen molar-refractivity contribution in [2.24, 2.45) is 0 Å². The number of aryl methyl sites for hydroxylation is 2. The van der Waals surface area contributed by atoms with Crippen LogP contribution in [0.1, 0.15) is 11.1 Å². The molecule has 6 nitrogen and oxygen atoms in total. The summed E-state index contributed by atoms with van der Waals surface area (Å²) >= 11 is 6.20. The van der Waals surface area contributed by atoms with Crippen molar-refractivity contribution in [1.82, 2.24) is 9.47 Å². The fraction of sp³-hybridized carbons (Fsp3) is 0.250. The predicted molar refractivity (Wildman–Crippen MR) is 144 cm³/mol. The lowest BCUT2D eigenvalue weighted by molar-refractivity contribution is -0.132. The molecule has 8 heteroatoms. The van der Waals surface area contributed by atoms with Crippen LogP contribution >= 0.6 is 11.6 Å². The van der Waals surface area contributed by atoms with Crippen LogP contribution in [-0.2, 0) is 21.2 Å². The van der Waals surface area contributed by atoms with E-state index in [-0.39, 0.29) is 22.2 Å². The number of nitrogens with zero attached hydrogens (tertiary/aromatic N) is 3. The van der Waals surface area contributed by atoms with Crippen LogP contribution in [-0.4, -0.2) is 50.0 Å². The van der Waals surface area contributed by atoms with Crippen molar-refractivity contribution in [3.8, 4) is 0 Å². The van der Waals surface area contributed by atoms with E-state index in [2.05, 4.69) is 11.8 Å². The maximum absolute atomic E-state index is 13.5. The minimum Gasteiger partial charge on any atom is -0.368 e. The van der Waals surface area contributed by atoms with E-state index >= 15 is 0 Å². The minimum absolute atomic E-state index is 0.0301. The summed E-state index contributed by atoms with van der Waals surface area (Å²) in [5.74, 6) is -0.0301. The Morgan fingerprint density at radius 1 is 0.917 bits per heavy atom. The van der Waals surface area contributed by atoms with E-state index in [0.29, 0.717) is 36.6 Å². The highest BCUT2D eigenvalue weighted by Gasteiger charge is 2.26. The molecule has 0 unspecified atom stereocenters. The Morgan fingerprint density at radius 2 is 1.61 bits per heavy atom. The minimum atomic E-state index is -3.73. The van der Waals surface area contributed by atoms with Crippen molar-refractivity contribution in [1.29, 1.82) is 0 Å². The number of hydrogen-bond donors (Lipinski definition) is 0. The number of hydrogen-bond acceptors (Lipinski definition) is 4. The predicted octanol–water partition coefficient (Wildman–Crippen LogP) is 5.09. The van der Waals surface area contributed by atoms with Crippen molar-refractivity contribution in [2.75, 3.05) is 31.1 Å². The first kappa shape index (κ1) is 24.4. The van der Waals surface area contributed by atoms with Gasteiger partial charge in [-0.3, -0.25) is 4.79 Å². The van der Waals surface area contributed by atoms with Gasteiger partial charge in [0.2, 0.25) is 15.7 Å². The van der Waals surface area contributed by atoms with Gasteiger partial charge in [-0.05, 0) is 49.7 Å². The molecule has 1 saturated heterocycles. The maximum Gasteiger partial charge on any atom is 0.242 e. The molecule has 4 aromatic rings. The summed E-state index contributed by atoms with van der Waals surface area (Å²) in [6.45, 7) is 6.68. The summed E-state index contributed by atoms with van der Waals surface area (Å²) in [4.78, 5) is 17.8. The highest BCUT2D eigenvalue weighted by molar-refractivity contribution is 7.91. The van der Waals surface area contributed by atoms with E-state index in [1.165, 1.54) is 0 Å². The monoisotopic (exact) mass is 521 g/mol. The Morgan fingerprint density at radius 3 is 2.33 bits per heavy atom. The van der Waals surface area contributed by atoms with Gasteiger partial charge in [-0.25, -0.2) is 8.42 Å². The standard InChI is InChI=1S/C28H28ClN3O3S/c1-20-7-11-23(12-8-20)36(34,35)27-18-32(25-6-4-3-5-24(25)27)19-28(33)31-15-13-30(14-16-31)26-17-22(29)10-9-21(26)2/h3-12,17-18H,13-16,19H2,1-2H3. The number of rotatable bonds is 5. The zero-order chi connectivity index (χ0) is 25.4. The second-order valence-corrected chi connectivity index (χ2v) is 11.6. The molecule has 0 spiro atoms. The fourth-order valence-corrected chi connectivity index (χ4v) is 6.41. The van der Waals surface area contributed by atoms with Gasteiger partial charge in [-0.15, -0.1) is 0 Å². The molecule has 2 heterocycles. The average molecular weight is 522 g/mol. The Hall–Kier alpha value is -3.29. The second kappa shape index (κ2) is 9.64. The Balaban J connectivity index is 1.36. The zero-order valence-corrected chi connectivity index (χ0v) is 21.9. The highest BCUT2D eigenvalue weighted by Crippen LogP contribution is 2.31. The number of piperazine rings is 1. The van der Waals surface area contributed by atoms with Crippen molar-refractivity contribution < 1.29 is 13.2 Å². The smallest absolute Gasteiger partial charge is 0.242 e. The second-order valence-electron chi connectivity index (χ2n) is 9.25. The molecular formula is C28H28ClN3O3S. The molecule has 0 N–H and O–H groups in total. The summed E-state index contributed by atoms with van der Waals surface area (Å²) in [7, 11) is -3.73. The molecule has 0 saturated carbocycles. The number of halogens is 1. The van der Waals surface area contributed by atoms with Crippen molar-refractivity contribution >= 4 is 43.9 Å². The lowest BCUT2D eigenvalue weighted by Gasteiger charge is -2.37. The molecule has 1 fully saturated rings. The maximum atomic E-state index is 13.5. The third-order valence-electron chi connectivity index (χ3n) is 6.82. The van der Waals surface area contributed by atoms with E-state index in [4.69, 9.17) is 11.6 Å². The summed E-state index contributed by atoms with van der Waals surface area (Å²) in [6, 6.07) is 20.0. The van der Waals surface area contributed by atoms with Gasteiger partial charge in [0.15, 0.2) is 0 Å². The van der Waals surface area contributed by atoms with Gasteiger partial charge < -0.3 is 14.4 Å². The molecule has 5 rings (SSSR count).